The van der Waals surface area contributed by atoms with Gasteiger partial charge in [0.15, 0.2) is 0 Å². The highest BCUT2D eigenvalue weighted by molar-refractivity contribution is 5.68. The molecule has 0 spiro atoms. The zero-order valence-electron chi connectivity index (χ0n) is 9.57. The van der Waals surface area contributed by atoms with Gasteiger partial charge in [0.25, 0.3) is 0 Å². The molecule has 2 aromatic rings. The molecular weight excluding hydrogens is 188 g/mol. The van der Waals surface area contributed by atoms with E-state index >= 15 is 0 Å². The van der Waals surface area contributed by atoms with Gasteiger partial charge in [0.2, 0.25) is 0 Å². The number of rotatable bonds is 0. The summed E-state index contributed by atoms with van der Waals surface area (Å²) in [5.41, 5.74) is 7.70. The molecule has 0 saturated carbocycles. The summed E-state index contributed by atoms with van der Waals surface area (Å²) in [6.07, 6.45) is 3.62. The van der Waals surface area contributed by atoms with Crippen LogP contribution in [0.5, 0.6) is 0 Å². The Morgan fingerprint density at radius 2 is 2.00 bits per heavy atom. The molecule has 2 aromatic heterocycles. The molecule has 0 aromatic carbocycles. The van der Waals surface area contributed by atoms with Crippen molar-refractivity contribution in [1.82, 2.24) is 14.4 Å². The molecular formula is C11H16N4. The number of fused-ring (bicyclic) bond motifs is 1. The fraction of sp³-hybridized carbons (Fsp3) is 0.455. The summed E-state index contributed by atoms with van der Waals surface area (Å²) in [5.74, 6) is 1.56. The second-order valence-corrected chi connectivity index (χ2v) is 4.80. The Morgan fingerprint density at radius 3 is 2.60 bits per heavy atom. The average Bonchev–Trinajstić information content (AvgIpc) is 2.44. The second-order valence-electron chi connectivity index (χ2n) is 4.80. The molecule has 0 radical (unpaired) electrons. The van der Waals surface area contributed by atoms with Crippen LogP contribution in [0.2, 0.25) is 0 Å². The lowest BCUT2D eigenvalue weighted by Crippen LogP contribution is -2.16. The van der Waals surface area contributed by atoms with Gasteiger partial charge >= 0.3 is 0 Å². The van der Waals surface area contributed by atoms with Gasteiger partial charge in [-0.15, -0.1) is 0 Å². The molecule has 0 bridgehead atoms. The molecule has 0 amide bonds. The number of nitrogen functional groups attached to an aromatic ring is 1. The highest BCUT2D eigenvalue weighted by Gasteiger charge is 2.22. The van der Waals surface area contributed by atoms with Crippen molar-refractivity contribution in [3.05, 3.63) is 23.9 Å². The molecule has 4 heteroatoms. The highest BCUT2D eigenvalue weighted by atomic mass is 15.1. The number of imidazole rings is 1. The lowest BCUT2D eigenvalue weighted by molar-refractivity contribution is 0.542. The molecule has 2 N–H and O–H groups in total. The third kappa shape index (κ3) is 1.46. The Hall–Kier alpha value is -1.58. The van der Waals surface area contributed by atoms with E-state index in [-0.39, 0.29) is 5.41 Å². The van der Waals surface area contributed by atoms with Crippen molar-refractivity contribution in [3.8, 4) is 0 Å². The lowest BCUT2D eigenvalue weighted by Gasteiger charge is -2.16. The minimum atomic E-state index is 0.00493. The van der Waals surface area contributed by atoms with E-state index < -0.39 is 0 Å². The smallest absolute Gasteiger partial charge is 0.149 e. The fourth-order valence-electron chi connectivity index (χ4n) is 1.77. The van der Waals surface area contributed by atoms with Crippen LogP contribution in [0.4, 0.5) is 5.82 Å². The van der Waals surface area contributed by atoms with Crippen molar-refractivity contribution in [1.29, 1.82) is 0 Å². The summed E-state index contributed by atoms with van der Waals surface area (Å²) in [5, 5.41) is 0. The van der Waals surface area contributed by atoms with Crippen LogP contribution in [0.3, 0.4) is 0 Å². The first-order valence-electron chi connectivity index (χ1n) is 5.01. The number of aryl methyl sites for hydroxylation is 1. The summed E-state index contributed by atoms with van der Waals surface area (Å²) >= 11 is 0. The van der Waals surface area contributed by atoms with Gasteiger partial charge in [-0.3, -0.25) is 4.40 Å². The van der Waals surface area contributed by atoms with Gasteiger partial charge in [-0.2, -0.15) is 0 Å². The van der Waals surface area contributed by atoms with E-state index in [4.69, 9.17) is 5.73 Å². The van der Waals surface area contributed by atoms with Crippen molar-refractivity contribution in [2.45, 2.75) is 33.1 Å². The Kier molecular flexibility index (Phi) is 1.96. The SMILES string of the molecule is Cc1nc(C(C)(C)C)n2ccnc(N)c12. The minimum Gasteiger partial charge on any atom is -0.382 e. The van der Waals surface area contributed by atoms with Crippen molar-refractivity contribution < 1.29 is 0 Å². The lowest BCUT2D eigenvalue weighted by atomic mass is 9.96. The molecule has 2 heterocycles. The predicted octanol–water partition coefficient (Wildman–Crippen LogP) is 1.92. The molecule has 0 atom stereocenters. The van der Waals surface area contributed by atoms with Crippen molar-refractivity contribution in [2.24, 2.45) is 0 Å². The topological polar surface area (TPSA) is 56.2 Å². The summed E-state index contributed by atoms with van der Waals surface area (Å²) in [6, 6.07) is 0. The number of nitrogens with two attached hydrogens (primary N) is 1. The third-order valence-corrected chi connectivity index (χ3v) is 2.43. The zero-order chi connectivity index (χ0) is 11.2. The van der Waals surface area contributed by atoms with Crippen LogP contribution < -0.4 is 5.73 Å². The van der Waals surface area contributed by atoms with Gasteiger partial charge in [-0.1, -0.05) is 20.8 Å². The predicted molar refractivity (Wildman–Crippen MR) is 60.8 cm³/mol. The second kappa shape index (κ2) is 2.95. The molecule has 80 valence electrons. The van der Waals surface area contributed by atoms with E-state index in [0.717, 1.165) is 17.0 Å². The summed E-state index contributed by atoms with van der Waals surface area (Å²) in [4.78, 5) is 8.65. The van der Waals surface area contributed by atoms with Crippen LogP contribution in [0.1, 0.15) is 32.3 Å². The first-order valence-corrected chi connectivity index (χ1v) is 5.01. The first-order chi connectivity index (χ1) is 6.91. The van der Waals surface area contributed by atoms with Crippen LogP contribution in [-0.4, -0.2) is 14.4 Å². The zero-order valence-corrected chi connectivity index (χ0v) is 9.57. The molecule has 4 nitrogen and oxygen atoms in total. The Bertz CT molecular complexity index is 505. The highest BCUT2D eigenvalue weighted by Crippen LogP contribution is 2.25. The van der Waals surface area contributed by atoms with Crippen LogP contribution in [0, 0.1) is 6.92 Å². The van der Waals surface area contributed by atoms with E-state index in [2.05, 4.69) is 30.7 Å². The van der Waals surface area contributed by atoms with Crippen molar-refractivity contribution >= 4 is 11.3 Å². The standard InChI is InChI=1S/C11H16N4/c1-7-8-9(12)13-5-6-15(8)10(14-7)11(2,3)4/h5-6H,1-4H3,(H2,12,13). The molecule has 2 rings (SSSR count). The molecule has 0 aliphatic carbocycles. The molecule has 0 aliphatic heterocycles. The van der Waals surface area contributed by atoms with Crippen LogP contribution in [0.25, 0.3) is 5.52 Å². The molecule has 15 heavy (non-hydrogen) atoms. The van der Waals surface area contributed by atoms with Crippen LogP contribution in [0.15, 0.2) is 12.4 Å². The maximum atomic E-state index is 5.84. The van der Waals surface area contributed by atoms with Crippen LogP contribution in [-0.2, 0) is 5.41 Å². The molecule has 0 saturated heterocycles. The molecule has 0 fully saturated rings. The Morgan fingerprint density at radius 1 is 1.33 bits per heavy atom. The maximum Gasteiger partial charge on any atom is 0.149 e. The van der Waals surface area contributed by atoms with Crippen molar-refractivity contribution in [2.75, 3.05) is 5.73 Å². The maximum absolute atomic E-state index is 5.84. The van der Waals surface area contributed by atoms with Gasteiger partial charge in [0.1, 0.15) is 17.2 Å². The Labute approximate surface area is 89.2 Å². The first kappa shape index (κ1) is 9.96. The van der Waals surface area contributed by atoms with E-state index in [0.29, 0.717) is 5.82 Å². The number of hydrogen-bond donors (Lipinski definition) is 1. The quantitative estimate of drug-likeness (QED) is 0.713. The average molecular weight is 204 g/mol. The van der Waals surface area contributed by atoms with Gasteiger partial charge in [-0.05, 0) is 6.92 Å². The normalized spacial score (nSPS) is 12.3. The van der Waals surface area contributed by atoms with Gasteiger partial charge in [0.05, 0.1) is 5.69 Å². The number of hydrogen-bond acceptors (Lipinski definition) is 3. The van der Waals surface area contributed by atoms with E-state index in [1.54, 1.807) is 6.20 Å². The third-order valence-electron chi connectivity index (χ3n) is 2.43. The number of anilines is 1. The monoisotopic (exact) mass is 204 g/mol. The van der Waals surface area contributed by atoms with Crippen molar-refractivity contribution in [3.63, 3.8) is 0 Å². The van der Waals surface area contributed by atoms with Gasteiger partial charge in [0, 0.05) is 17.8 Å². The largest absolute Gasteiger partial charge is 0.382 e. The van der Waals surface area contributed by atoms with Crippen LogP contribution >= 0.6 is 0 Å². The summed E-state index contributed by atoms with van der Waals surface area (Å²) in [6.45, 7) is 8.37. The summed E-state index contributed by atoms with van der Waals surface area (Å²) in [7, 11) is 0. The van der Waals surface area contributed by atoms with E-state index in [1.165, 1.54) is 0 Å². The Balaban J connectivity index is 2.85. The minimum absolute atomic E-state index is 0.00493. The molecule has 0 unspecified atom stereocenters. The fourth-order valence-corrected chi connectivity index (χ4v) is 1.77. The summed E-state index contributed by atoms with van der Waals surface area (Å²) < 4.78 is 2.03. The van der Waals surface area contributed by atoms with Gasteiger partial charge < -0.3 is 5.73 Å². The van der Waals surface area contributed by atoms with Gasteiger partial charge in [-0.25, -0.2) is 9.97 Å². The van der Waals surface area contributed by atoms with E-state index in [9.17, 15) is 0 Å². The van der Waals surface area contributed by atoms with E-state index in [1.807, 2.05) is 17.5 Å². The number of nitrogens with zero attached hydrogens (tertiary/aromatic N) is 3. The molecule has 0 aliphatic rings. The number of aromatic nitrogens is 3.